The molecule has 0 radical (unpaired) electrons. The molecule has 2 aromatic rings. The van der Waals surface area contributed by atoms with E-state index in [0.717, 1.165) is 5.56 Å². The highest BCUT2D eigenvalue weighted by atomic mass is 35.5. The van der Waals surface area contributed by atoms with Crippen LogP contribution < -0.4 is 4.72 Å². The van der Waals surface area contributed by atoms with E-state index in [-0.39, 0.29) is 5.75 Å². The summed E-state index contributed by atoms with van der Waals surface area (Å²) in [5.74, 6) is 0.356. The van der Waals surface area contributed by atoms with Gasteiger partial charge in [0.2, 0.25) is 10.0 Å². The highest BCUT2D eigenvalue weighted by molar-refractivity contribution is 7.92. The largest absolute Gasteiger partial charge is 0.284 e. The number of anilines is 1. The molecular weight excluding hydrogens is 300 g/mol. The number of halogens is 1. The van der Waals surface area contributed by atoms with E-state index in [0.29, 0.717) is 24.5 Å². The van der Waals surface area contributed by atoms with E-state index in [2.05, 4.69) is 14.8 Å². The van der Waals surface area contributed by atoms with Gasteiger partial charge in [0.15, 0.2) is 0 Å². The number of hydrogen-bond donors (Lipinski definition) is 1. The molecule has 6 nitrogen and oxygen atoms in total. The number of aromatic nitrogens is 3. The Morgan fingerprint density at radius 3 is 2.60 bits per heavy atom. The number of alkyl halides is 1. The molecule has 0 saturated carbocycles. The van der Waals surface area contributed by atoms with Gasteiger partial charge in [0, 0.05) is 11.6 Å². The van der Waals surface area contributed by atoms with E-state index in [1.54, 1.807) is 23.1 Å². The summed E-state index contributed by atoms with van der Waals surface area (Å²) in [7, 11) is -3.32. The van der Waals surface area contributed by atoms with E-state index in [9.17, 15) is 8.42 Å². The lowest BCUT2D eigenvalue weighted by molar-refractivity contribution is 0.600. The number of hydrogen-bond acceptors (Lipinski definition) is 4. The van der Waals surface area contributed by atoms with Gasteiger partial charge >= 0.3 is 0 Å². The van der Waals surface area contributed by atoms with Crippen LogP contribution >= 0.6 is 11.6 Å². The van der Waals surface area contributed by atoms with Gasteiger partial charge in [0.25, 0.3) is 0 Å². The Balaban J connectivity index is 1.98. The van der Waals surface area contributed by atoms with E-state index in [4.69, 9.17) is 11.6 Å². The Morgan fingerprint density at radius 1 is 1.25 bits per heavy atom. The summed E-state index contributed by atoms with van der Waals surface area (Å²) in [5, 5.41) is 4.01. The Hall–Kier alpha value is -1.60. The van der Waals surface area contributed by atoms with Crippen LogP contribution in [0.4, 0.5) is 5.69 Å². The third-order valence-corrected chi connectivity index (χ3v) is 4.23. The van der Waals surface area contributed by atoms with Gasteiger partial charge < -0.3 is 0 Å². The molecule has 0 amide bonds. The molecule has 0 spiro atoms. The fourth-order valence-corrected chi connectivity index (χ4v) is 3.07. The summed E-state index contributed by atoms with van der Waals surface area (Å²) in [6.45, 7) is 0.597. The van der Waals surface area contributed by atoms with Gasteiger partial charge in [0.1, 0.15) is 12.7 Å². The second-order valence-corrected chi connectivity index (χ2v) is 6.47. The molecule has 20 heavy (non-hydrogen) atoms. The van der Waals surface area contributed by atoms with Crippen molar-refractivity contribution in [2.24, 2.45) is 0 Å². The molecule has 0 aliphatic rings. The lowest BCUT2D eigenvalue weighted by atomic mass is 10.2. The second-order valence-electron chi connectivity index (χ2n) is 4.25. The maximum atomic E-state index is 11.7. The Kier molecular flexibility index (Phi) is 4.97. The van der Waals surface area contributed by atoms with Crippen LogP contribution in [0, 0.1) is 0 Å². The lowest BCUT2D eigenvalue weighted by Crippen LogP contribution is -2.17. The normalized spacial score (nSPS) is 11.4. The molecule has 1 aromatic heterocycles. The van der Waals surface area contributed by atoms with Crippen molar-refractivity contribution in [3.63, 3.8) is 0 Å². The van der Waals surface area contributed by atoms with Gasteiger partial charge in [-0.15, -0.1) is 11.6 Å². The zero-order chi connectivity index (χ0) is 14.4. The first kappa shape index (κ1) is 14.8. The minimum Gasteiger partial charge on any atom is -0.284 e. The number of nitrogens with zero attached hydrogens (tertiary/aromatic N) is 3. The minimum absolute atomic E-state index is 0.0250. The first-order valence-electron chi connectivity index (χ1n) is 6.07. The average molecular weight is 315 g/mol. The summed E-state index contributed by atoms with van der Waals surface area (Å²) in [6.07, 6.45) is 3.53. The SMILES string of the molecule is O=S(=O)(CCCCl)Nc1ccc(Cn2cncn2)cc1. The molecule has 0 fully saturated rings. The summed E-state index contributed by atoms with van der Waals surface area (Å²) >= 11 is 5.49. The van der Waals surface area contributed by atoms with Gasteiger partial charge in [-0.2, -0.15) is 5.10 Å². The van der Waals surface area contributed by atoms with E-state index >= 15 is 0 Å². The van der Waals surface area contributed by atoms with Crippen LogP contribution in [0.15, 0.2) is 36.9 Å². The Labute approximate surface area is 122 Å². The highest BCUT2D eigenvalue weighted by Crippen LogP contribution is 2.12. The molecule has 2 rings (SSSR count). The Bertz CT molecular complexity index is 626. The van der Waals surface area contributed by atoms with Crippen LogP contribution in [0.25, 0.3) is 0 Å². The quantitative estimate of drug-likeness (QED) is 0.789. The molecule has 0 atom stereocenters. The monoisotopic (exact) mass is 314 g/mol. The summed E-state index contributed by atoms with van der Waals surface area (Å²) in [6, 6.07) is 7.15. The van der Waals surface area contributed by atoms with Crippen molar-refractivity contribution in [3.8, 4) is 0 Å². The van der Waals surface area contributed by atoms with Crippen LogP contribution in [0.2, 0.25) is 0 Å². The molecule has 1 heterocycles. The molecule has 108 valence electrons. The van der Waals surface area contributed by atoms with Crippen LogP contribution in [0.3, 0.4) is 0 Å². The van der Waals surface area contributed by atoms with Crippen molar-refractivity contribution in [2.45, 2.75) is 13.0 Å². The van der Waals surface area contributed by atoms with Crippen molar-refractivity contribution in [3.05, 3.63) is 42.5 Å². The minimum atomic E-state index is -3.32. The van der Waals surface area contributed by atoms with Gasteiger partial charge in [-0.1, -0.05) is 12.1 Å². The topological polar surface area (TPSA) is 76.9 Å². The number of nitrogens with one attached hydrogen (secondary N) is 1. The molecule has 1 N–H and O–H groups in total. The molecular formula is C12H15ClN4O2S. The maximum absolute atomic E-state index is 11.7. The summed E-state index contributed by atoms with van der Waals surface area (Å²) < 4.78 is 27.6. The molecule has 1 aromatic carbocycles. The number of benzene rings is 1. The zero-order valence-electron chi connectivity index (χ0n) is 10.7. The fourth-order valence-electron chi connectivity index (χ4n) is 1.65. The van der Waals surface area contributed by atoms with Crippen LogP contribution in [-0.2, 0) is 16.6 Å². The van der Waals surface area contributed by atoms with Crippen LogP contribution in [0.1, 0.15) is 12.0 Å². The zero-order valence-corrected chi connectivity index (χ0v) is 12.3. The van der Waals surface area contributed by atoms with E-state index < -0.39 is 10.0 Å². The van der Waals surface area contributed by atoms with Gasteiger partial charge in [-0.25, -0.2) is 18.1 Å². The molecule has 0 bridgehead atoms. The third-order valence-electron chi connectivity index (χ3n) is 2.59. The Morgan fingerprint density at radius 2 is 2.00 bits per heavy atom. The fraction of sp³-hybridized carbons (Fsp3) is 0.333. The van der Waals surface area contributed by atoms with Crippen molar-refractivity contribution < 1.29 is 8.42 Å². The van der Waals surface area contributed by atoms with E-state index in [1.165, 1.54) is 6.33 Å². The van der Waals surface area contributed by atoms with Crippen molar-refractivity contribution in [1.29, 1.82) is 0 Å². The third kappa shape index (κ3) is 4.50. The van der Waals surface area contributed by atoms with Crippen LogP contribution in [0.5, 0.6) is 0 Å². The molecule has 0 unspecified atom stereocenters. The lowest BCUT2D eigenvalue weighted by Gasteiger charge is -2.08. The standard InChI is InChI=1S/C12H15ClN4O2S/c13-6-1-7-20(18,19)16-12-4-2-11(3-5-12)8-17-10-14-9-15-17/h2-5,9-10,16H,1,6-8H2. The maximum Gasteiger partial charge on any atom is 0.232 e. The predicted molar refractivity (Wildman–Crippen MR) is 78.3 cm³/mol. The van der Waals surface area contributed by atoms with Crippen molar-refractivity contribution >= 4 is 27.3 Å². The molecule has 0 aliphatic carbocycles. The van der Waals surface area contributed by atoms with Gasteiger partial charge in [-0.3, -0.25) is 4.72 Å². The van der Waals surface area contributed by atoms with Crippen LogP contribution in [-0.4, -0.2) is 34.8 Å². The van der Waals surface area contributed by atoms with Gasteiger partial charge in [0.05, 0.1) is 12.3 Å². The van der Waals surface area contributed by atoms with E-state index in [1.807, 2.05) is 12.1 Å². The molecule has 0 saturated heterocycles. The van der Waals surface area contributed by atoms with Gasteiger partial charge in [-0.05, 0) is 24.1 Å². The average Bonchev–Trinajstić information content (AvgIpc) is 2.91. The second kappa shape index (κ2) is 6.71. The smallest absolute Gasteiger partial charge is 0.232 e. The predicted octanol–water partition coefficient (Wildman–Crippen LogP) is 1.70. The molecule has 0 aliphatic heterocycles. The number of sulfonamides is 1. The molecule has 8 heteroatoms. The first-order valence-corrected chi connectivity index (χ1v) is 8.25. The summed E-state index contributed by atoms with van der Waals surface area (Å²) in [5.41, 5.74) is 1.56. The van der Waals surface area contributed by atoms with Crippen molar-refractivity contribution in [1.82, 2.24) is 14.8 Å². The first-order chi connectivity index (χ1) is 9.59. The highest BCUT2D eigenvalue weighted by Gasteiger charge is 2.09. The summed E-state index contributed by atoms with van der Waals surface area (Å²) in [4.78, 5) is 3.86. The number of rotatable bonds is 7. The van der Waals surface area contributed by atoms with Crippen molar-refractivity contribution in [2.75, 3.05) is 16.4 Å².